The highest BCUT2D eigenvalue weighted by Gasteiger charge is 2.19. The van der Waals surface area contributed by atoms with Crippen LogP contribution in [0.3, 0.4) is 0 Å². The summed E-state index contributed by atoms with van der Waals surface area (Å²) in [6, 6.07) is 9.52. The summed E-state index contributed by atoms with van der Waals surface area (Å²) in [4.78, 5) is 11.5. The molecule has 0 aromatic heterocycles. The third-order valence-corrected chi connectivity index (χ3v) is 2.20. The molecule has 17 heavy (non-hydrogen) atoms. The number of hydrogen-bond acceptors (Lipinski definition) is 2. The standard InChI is InChI=1S/C14H17NO2/c1-4-10-14(2,3)15-13(16)17-11-12-8-6-5-7-9-12/h1,5-9H,10-11H2,2-3H3,(H,15,16). The van der Waals surface area contributed by atoms with Crippen molar-refractivity contribution >= 4 is 6.09 Å². The Morgan fingerprint density at radius 3 is 2.65 bits per heavy atom. The van der Waals surface area contributed by atoms with Crippen LogP contribution in [0.2, 0.25) is 0 Å². The predicted molar refractivity (Wildman–Crippen MR) is 67.3 cm³/mol. The summed E-state index contributed by atoms with van der Waals surface area (Å²) in [7, 11) is 0. The predicted octanol–water partition coefficient (Wildman–Crippen LogP) is 2.71. The van der Waals surface area contributed by atoms with Crippen molar-refractivity contribution in [1.82, 2.24) is 5.32 Å². The zero-order chi connectivity index (χ0) is 12.7. The van der Waals surface area contributed by atoms with Crippen molar-refractivity contribution in [3.8, 4) is 12.3 Å². The van der Waals surface area contributed by atoms with Gasteiger partial charge in [0.05, 0.1) is 0 Å². The van der Waals surface area contributed by atoms with Gasteiger partial charge >= 0.3 is 6.09 Å². The van der Waals surface area contributed by atoms with Gasteiger partial charge in [-0.15, -0.1) is 12.3 Å². The van der Waals surface area contributed by atoms with Gasteiger partial charge in [-0.25, -0.2) is 4.79 Å². The van der Waals surface area contributed by atoms with E-state index in [1.165, 1.54) is 0 Å². The van der Waals surface area contributed by atoms with Crippen LogP contribution in [0.4, 0.5) is 4.79 Å². The Hall–Kier alpha value is -1.95. The second-order valence-corrected chi connectivity index (χ2v) is 4.45. The molecule has 3 nitrogen and oxygen atoms in total. The second kappa shape index (κ2) is 5.95. The number of ether oxygens (including phenoxy) is 1. The summed E-state index contributed by atoms with van der Waals surface area (Å²) in [6.45, 7) is 3.98. The lowest BCUT2D eigenvalue weighted by Gasteiger charge is -2.23. The number of terminal acetylenes is 1. The van der Waals surface area contributed by atoms with Gasteiger partial charge in [-0.1, -0.05) is 30.3 Å². The Kier molecular flexibility index (Phi) is 4.59. The van der Waals surface area contributed by atoms with Gasteiger partial charge < -0.3 is 10.1 Å². The zero-order valence-electron chi connectivity index (χ0n) is 10.2. The summed E-state index contributed by atoms with van der Waals surface area (Å²) in [5.74, 6) is 2.52. The van der Waals surface area contributed by atoms with E-state index in [9.17, 15) is 4.79 Å². The molecule has 90 valence electrons. The molecule has 1 aromatic carbocycles. The molecule has 1 N–H and O–H groups in total. The molecule has 0 bridgehead atoms. The van der Waals surface area contributed by atoms with Crippen LogP contribution >= 0.6 is 0 Å². The van der Waals surface area contributed by atoms with E-state index in [4.69, 9.17) is 11.2 Å². The highest BCUT2D eigenvalue weighted by Crippen LogP contribution is 2.08. The fourth-order valence-electron chi connectivity index (χ4n) is 1.33. The fourth-order valence-corrected chi connectivity index (χ4v) is 1.33. The average Bonchev–Trinajstić information content (AvgIpc) is 2.27. The lowest BCUT2D eigenvalue weighted by molar-refractivity contribution is 0.130. The van der Waals surface area contributed by atoms with Crippen molar-refractivity contribution in [3.05, 3.63) is 35.9 Å². The van der Waals surface area contributed by atoms with Crippen LogP contribution in [0.25, 0.3) is 0 Å². The molecule has 1 amide bonds. The van der Waals surface area contributed by atoms with Crippen molar-refractivity contribution in [2.75, 3.05) is 0 Å². The molecule has 0 fully saturated rings. The summed E-state index contributed by atoms with van der Waals surface area (Å²) < 4.78 is 5.09. The van der Waals surface area contributed by atoms with E-state index in [2.05, 4.69) is 11.2 Å². The van der Waals surface area contributed by atoms with Gasteiger partial charge in [0, 0.05) is 12.0 Å². The van der Waals surface area contributed by atoms with Gasteiger partial charge in [-0.2, -0.15) is 0 Å². The number of rotatable bonds is 4. The summed E-state index contributed by atoms with van der Waals surface area (Å²) in [5.41, 5.74) is 0.514. The molecule has 0 aliphatic carbocycles. The van der Waals surface area contributed by atoms with E-state index >= 15 is 0 Å². The first-order chi connectivity index (χ1) is 8.03. The summed E-state index contributed by atoms with van der Waals surface area (Å²) in [5, 5.41) is 2.72. The van der Waals surface area contributed by atoms with Crippen LogP contribution < -0.4 is 5.32 Å². The normalized spacial score (nSPS) is 10.4. The average molecular weight is 231 g/mol. The van der Waals surface area contributed by atoms with Crippen molar-refractivity contribution < 1.29 is 9.53 Å². The molecule has 1 aromatic rings. The number of nitrogens with one attached hydrogen (secondary N) is 1. The highest BCUT2D eigenvalue weighted by atomic mass is 16.5. The van der Waals surface area contributed by atoms with Crippen LogP contribution in [0.1, 0.15) is 25.8 Å². The molecule has 0 spiro atoms. The minimum atomic E-state index is -0.450. The molecule has 0 unspecified atom stereocenters. The molecule has 0 saturated carbocycles. The van der Waals surface area contributed by atoms with Crippen molar-refractivity contribution in [2.45, 2.75) is 32.4 Å². The molecular formula is C14H17NO2. The molecule has 0 heterocycles. The van der Waals surface area contributed by atoms with Gasteiger partial charge in [-0.05, 0) is 19.4 Å². The Labute approximate surface area is 102 Å². The molecule has 1 rings (SSSR count). The molecule has 0 radical (unpaired) electrons. The van der Waals surface area contributed by atoms with Crippen LogP contribution in [-0.2, 0) is 11.3 Å². The first-order valence-electron chi connectivity index (χ1n) is 5.46. The first-order valence-corrected chi connectivity index (χ1v) is 5.46. The van der Waals surface area contributed by atoms with Gasteiger partial charge in [-0.3, -0.25) is 0 Å². The lowest BCUT2D eigenvalue weighted by atomic mass is 10.0. The molecular weight excluding hydrogens is 214 g/mol. The van der Waals surface area contributed by atoms with Crippen molar-refractivity contribution in [1.29, 1.82) is 0 Å². The first kappa shape index (κ1) is 13.1. The van der Waals surface area contributed by atoms with Crippen LogP contribution in [-0.4, -0.2) is 11.6 Å². The number of alkyl carbamates (subject to hydrolysis) is 1. The van der Waals surface area contributed by atoms with E-state index in [0.29, 0.717) is 6.42 Å². The molecule has 0 aliphatic heterocycles. The van der Waals surface area contributed by atoms with Crippen molar-refractivity contribution in [2.24, 2.45) is 0 Å². The molecule has 0 atom stereocenters. The third-order valence-electron chi connectivity index (χ3n) is 2.20. The van der Waals surface area contributed by atoms with Crippen LogP contribution in [0.5, 0.6) is 0 Å². The van der Waals surface area contributed by atoms with E-state index < -0.39 is 11.6 Å². The Bertz CT molecular complexity index is 404. The Balaban J connectivity index is 2.39. The number of carbonyl (C=O) groups excluding carboxylic acids is 1. The number of benzene rings is 1. The quantitative estimate of drug-likeness (QED) is 0.809. The number of amides is 1. The molecule has 3 heteroatoms. The maximum Gasteiger partial charge on any atom is 0.407 e. The van der Waals surface area contributed by atoms with E-state index in [-0.39, 0.29) is 6.61 Å². The maximum absolute atomic E-state index is 11.5. The maximum atomic E-state index is 11.5. The smallest absolute Gasteiger partial charge is 0.407 e. The van der Waals surface area contributed by atoms with Gasteiger partial charge in [0.15, 0.2) is 0 Å². The monoisotopic (exact) mass is 231 g/mol. The zero-order valence-corrected chi connectivity index (χ0v) is 10.2. The van der Waals surface area contributed by atoms with E-state index in [1.807, 2.05) is 44.2 Å². The van der Waals surface area contributed by atoms with E-state index in [1.54, 1.807) is 0 Å². The summed E-state index contributed by atoms with van der Waals surface area (Å²) in [6.07, 6.45) is 5.23. The Morgan fingerprint density at radius 1 is 1.41 bits per heavy atom. The minimum absolute atomic E-state index is 0.263. The van der Waals surface area contributed by atoms with E-state index in [0.717, 1.165) is 5.56 Å². The fraction of sp³-hybridized carbons (Fsp3) is 0.357. The topological polar surface area (TPSA) is 38.3 Å². The van der Waals surface area contributed by atoms with Crippen molar-refractivity contribution in [3.63, 3.8) is 0 Å². The SMILES string of the molecule is C#CCC(C)(C)NC(=O)OCc1ccccc1. The minimum Gasteiger partial charge on any atom is -0.445 e. The Morgan fingerprint density at radius 2 is 2.06 bits per heavy atom. The third kappa shape index (κ3) is 5.07. The van der Waals surface area contributed by atoms with Crippen LogP contribution in [0.15, 0.2) is 30.3 Å². The molecule has 0 aliphatic rings. The highest BCUT2D eigenvalue weighted by molar-refractivity contribution is 5.68. The van der Waals surface area contributed by atoms with Gasteiger partial charge in [0.1, 0.15) is 6.61 Å². The van der Waals surface area contributed by atoms with Gasteiger partial charge in [0.2, 0.25) is 0 Å². The molecule has 0 saturated heterocycles. The largest absolute Gasteiger partial charge is 0.445 e. The number of hydrogen-bond donors (Lipinski definition) is 1. The van der Waals surface area contributed by atoms with Gasteiger partial charge in [0.25, 0.3) is 0 Å². The van der Waals surface area contributed by atoms with Crippen LogP contribution in [0, 0.1) is 12.3 Å². The number of carbonyl (C=O) groups is 1. The lowest BCUT2D eigenvalue weighted by Crippen LogP contribution is -2.43. The second-order valence-electron chi connectivity index (χ2n) is 4.45. The summed E-state index contributed by atoms with van der Waals surface area (Å²) >= 11 is 0.